The third-order valence-electron chi connectivity index (χ3n) is 5.29. The van der Waals surface area contributed by atoms with E-state index >= 15 is 0 Å². The van der Waals surface area contributed by atoms with Crippen LogP contribution >= 0.6 is 0 Å². The fraction of sp³-hybridized carbons (Fsp3) is 0.125. The minimum absolute atomic E-state index is 0.491. The minimum atomic E-state index is 0.491. The molecule has 5 rings (SSSR count). The Morgan fingerprint density at radius 2 is 1.74 bits per heavy atom. The molecule has 0 fully saturated rings. The number of H-pyrrole nitrogens is 1. The first-order chi connectivity index (χ1) is 15.3. The summed E-state index contributed by atoms with van der Waals surface area (Å²) in [4.78, 5) is 9.37. The third-order valence-corrected chi connectivity index (χ3v) is 5.29. The normalized spacial score (nSPS) is 11.1. The maximum Gasteiger partial charge on any atom is 0.161 e. The van der Waals surface area contributed by atoms with Crippen LogP contribution in [0.15, 0.2) is 79.0 Å². The van der Waals surface area contributed by atoms with E-state index in [1.54, 1.807) is 0 Å². The van der Waals surface area contributed by atoms with Crippen LogP contribution in [0.1, 0.15) is 11.3 Å². The van der Waals surface area contributed by atoms with Crippen molar-refractivity contribution in [2.75, 3.05) is 11.1 Å². The van der Waals surface area contributed by atoms with Gasteiger partial charge in [-0.2, -0.15) is 5.10 Å². The number of nitrogens with two attached hydrogens (primary N) is 1. The molecule has 2 aromatic carbocycles. The van der Waals surface area contributed by atoms with Gasteiger partial charge in [0.15, 0.2) is 5.82 Å². The zero-order valence-electron chi connectivity index (χ0n) is 17.0. The fourth-order valence-electron chi connectivity index (χ4n) is 3.76. The molecular weight excluding hydrogens is 386 g/mol. The number of aromatic nitrogens is 5. The molecule has 0 saturated heterocycles. The highest BCUT2D eigenvalue weighted by Crippen LogP contribution is 2.33. The van der Waals surface area contributed by atoms with Crippen molar-refractivity contribution in [2.45, 2.75) is 19.5 Å². The lowest BCUT2D eigenvalue weighted by atomic mass is 10.2. The monoisotopic (exact) mass is 409 g/mol. The van der Waals surface area contributed by atoms with Crippen molar-refractivity contribution in [1.29, 1.82) is 0 Å². The topological polar surface area (TPSA) is 97.4 Å². The van der Waals surface area contributed by atoms with Crippen LogP contribution in [0.3, 0.4) is 0 Å². The number of imidazole rings is 1. The zero-order chi connectivity index (χ0) is 21.0. The van der Waals surface area contributed by atoms with Gasteiger partial charge in [-0.05, 0) is 29.8 Å². The first-order valence-corrected chi connectivity index (χ1v) is 10.3. The summed E-state index contributed by atoms with van der Waals surface area (Å²) in [5, 5.41) is 10.7. The summed E-state index contributed by atoms with van der Waals surface area (Å²) < 4.78 is 2.19. The molecular formula is C24H23N7. The number of nitrogen functional groups attached to an aromatic ring is 1. The third kappa shape index (κ3) is 3.85. The molecule has 0 bridgehead atoms. The number of para-hydroxylation sites is 2. The second-order valence-corrected chi connectivity index (χ2v) is 7.35. The van der Waals surface area contributed by atoms with Crippen molar-refractivity contribution < 1.29 is 0 Å². The Morgan fingerprint density at radius 1 is 0.935 bits per heavy atom. The molecule has 154 valence electrons. The SMILES string of the molecule is Nc1[nH]nc(NCc2ccccc2)c1-c1nc2ccccc2n1CCc1ccccn1. The molecule has 0 atom stereocenters. The number of nitrogens with zero attached hydrogens (tertiary/aromatic N) is 4. The van der Waals surface area contributed by atoms with Gasteiger partial charge in [-0.3, -0.25) is 10.1 Å². The van der Waals surface area contributed by atoms with Crippen molar-refractivity contribution in [3.8, 4) is 11.4 Å². The summed E-state index contributed by atoms with van der Waals surface area (Å²) in [5.41, 5.74) is 11.3. The van der Waals surface area contributed by atoms with Crippen LogP contribution < -0.4 is 11.1 Å². The van der Waals surface area contributed by atoms with Crippen LogP contribution in [-0.2, 0) is 19.5 Å². The van der Waals surface area contributed by atoms with Gasteiger partial charge in [0, 0.05) is 31.4 Å². The van der Waals surface area contributed by atoms with Gasteiger partial charge >= 0.3 is 0 Å². The summed E-state index contributed by atoms with van der Waals surface area (Å²) in [6.07, 6.45) is 2.61. The fourth-order valence-corrected chi connectivity index (χ4v) is 3.76. The van der Waals surface area contributed by atoms with E-state index < -0.39 is 0 Å². The van der Waals surface area contributed by atoms with Crippen LogP contribution in [-0.4, -0.2) is 24.7 Å². The molecule has 0 saturated carbocycles. The lowest BCUT2D eigenvalue weighted by Crippen LogP contribution is -2.07. The summed E-state index contributed by atoms with van der Waals surface area (Å²) >= 11 is 0. The lowest BCUT2D eigenvalue weighted by Gasteiger charge is -2.11. The zero-order valence-corrected chi connectivity index (χ0v) is 17.0. The van der Waals surface area contributed by atoms with Crippen LogP contribution in [0, 0.1) is 0 Å². The van der Waals surface area contributed by atoms with E-state index in [1.165, 1.54) is 5.56 Å². The van der Waals surface area contributed by atoms with E-state index in [2.05, 4.69) is 43.3 Å². The predicted octanol–water partition coefficient (Wildman–Crippen LogP) is 4.26. The average Bonchev–Trinajstić information content (AvgIpc) is 3.37. The molecule has 0 unspecified atom stereocenters. The number of anilines is 2. The summed E-state index contributed by atoms with van der Waals surface area (Å²) in [6.45, 7) is 1.38. The summed E-state index contributed by atoms with van der Waals surface area (Å²) in [7, 11) is 0. The standard InChI is InChI=1S/C24H23N7/c25-22-21(23(30-29-22)27-16-17-8-2-1-3-9-17)24-28-19-11-4-5-12-20(19)31(24)15-13-18-10-6-7-14-26-18/h1-12,14H,13,15-16H2,(H4,25,27,29,30). The number of pyridine rings is 1. The Hall–Kier alpha value is -4.13. The van der Waals surface area contributed by atoms with Gasteiger partial charge in [-0.25, -0.2) is 4.98 Å². The number of rotatable bonds is 7. The molecule has 0 amide bonds. The molecule has 0 aliphatic rings. The quantitative estimate of drug-likeness (QED) is 0.373. The van der Waals surface area contributed by atoms with Crippen LogP contribution in [0.4, 0.5) is 11.6 Å². The van der Waals surface area contributed by atoms with E-state index in [0.717, 1.165) is 41.1 Å². The Bertz CT molecular complexity index is 1290. The van der Waals surface area contributed by atoms with Gasteiger partial charge in [0.2, 0.25) is 0 Å². The van der Waals surface area contributed by atoms with Gasteiger partial charge in [-0.15, -0.1) is 0 Å². The maximum absolute atomic E-state index is 6.32. The number of aromatic amines is 1. The van der Waals surface area contributed by atoms with Crippen LogP contribution in [0.25, 0.3) is 22.4 Å². The molecule has 3 heterocycles. The lowest BCUT2D eigenvalue weighted by molar-refractivity contribution is 0.711. The predicted molar refractivity (Wildman–Crippen MR) is 123 cm³/mol. The van der Waals surface area contributed by atoms with Crippen LogP contribution in [0.5, 0.6) is 0 Å². The van der Waals surface area contributed by atoms with E-state index in [0.29, 0.717) is 18.2 Å². The average molecular weight is 409 g/mol. The van der Waals surface area contributed by atoms with Crippen molar-refractivity contribution >= 4 is 22.7 Å². The number of fused-ring (bicyclic) bond motifs is 1. The molecule has 7 nitrogen and oxygen atoms in total. The maximum atomic E-state index is 6.32. The van der Waals surface area contributed by atoms with E-state index in [9.17, 15) is 0 Å². The Morgan fingerprint density at radius 3 is 2.58 bits per heavy atom. The number of nitrogens with one attached hydrogen (secondary N) is 2. The molecule has 4 N–H and O–H groups in total. The highest BCUT2D eigenvalue weighted by molar-refractivity contribution is 5.87. The smallest absolute Gasteiger partial charge is 0.161 e. The Balaban J connectivity index is 1.52. The van der Waals surface area contributed by atoms with Crippen molar-refractivity contribution in [2.24, 2.45) is 0 Å². The number of benzene rings is 2. The number of hydrogen-bond acceptors (Lipinski definition) is 5. The largest absolute Gasteiger partial charge is 0.383 e. The first-order valence-electron chi connectivity index (χ1n) is 10.3. The second kappa shape index (κ2) is 8.31. The molecule has 5 aromatic rings. The van der Waals surface area contributed by atoms with E-state index in [4.69, 9.17) is 10.7 Å². The molecule has 3 aromatic heterocycles. The van der Waals surface area contributed by atoms with Crippen molar-refractivity contribution in [3.05, 3.63) is 90.3 Å². The van der Waals surface area contributed by atoms with Gasteiger partial charge in [-0.1, -0.05) is 48.5 Å². The van der Waals surface area contributed by atoms with E-state index in [1.807, 2.05) is 60.8 Å². The number of hydrogen-bond donors (Lipinski definition) is 3. The van der Waals surface area contributed by atoms with Crippen molar-refractivity contribution in [1.82, 2.24) is 24.7 Å². The molecule has 7 heteroatoms. The minimum Gasteiger partial charge on any atom is -0.383 e. The number of aryl methyl sites for hydroxylation is 2. The van der Waals surface area contributed by atoms with Gasteiger partial charge < -0.3 is 15.6 Å². The molecule has 0 aliphatic heterocycles. The Labute approximate surface area is 180 Å². The van der Waals surface area contributed by atoms with Gasteiger partial charge in [0.25, 0.3) is 0 Å². The first kappa shape index (κ1) is 18.9. The highest BCUT2D eigenvalue weighted by Gasteiger charge is 2.21. The molecule has 0 aliphatic carbocycles. The Kier molecular flexibility index (Phi) is 5.06. The summed E-state index contributed by atoms with van der Waals surface area (Å²) in [6, 6.07) is 24.3. The molecule has 0 radical (unpaired) electrons. The highest BCUT2D eigenvalue weighted by atomic mass is 15.2. The summed E-state index contributed by atoms with van der Waals surface area (Å²) in [5.74, 6) is 1.97. The van der Waals surface area contributed by atoms with Crippen LogP contribution in [0.2, 0.25) is 0 Å². The molecule has 31 heavy (non-hydrogen) atoms. The van der Waals surface area contributed by atoms with Crippen molar-refractivity contribution in [3.63, 3.8) is 0 Å². The van der Waals surface area contributed by atoms with Gasteiger partial charge in [0.05, 0.1) is 11.0 Å². The molecule has 0 spiro atoms. The second-order valence-electron chi connectivity index (χ2n) is 7.35. The van der Waals surface area contributed by atoms with E-state index in [-0.39, 0.29) is 0 Å². The van der Waals surface area contributed by atoms with Gasteiger partial charge in [0.1, 0.15) is 17.2 Å².